The Labute approximate surface area is 205 Å². The van der Waals surface area contributed by atoms with Gasteiger partial charge >= 0.3 is 0 Å². The largest absolute Gasteiger partial charge is 0.369 e. The molecule has 4 aromatic rings. The number of H-pyrrole nitrogens is 1. The number of benzene rings is 1. The van der Waals surface area contributed by atoms with Crippen LogP contribution in [0.3, 0.4) is 0 Å². The van der Waals surface area contributed by atoms with E-state index in [4.69, 9.17) is 0 Å². The molecule has 0 unspecified atom stereocenters. The maximum absolute atomic E-state index is 11.6. The van der Waals surface area contributed by atoms with Crippen molar-refractivity contribution in [3.05, 3.63) is 53.9 Å². The van der Waals surface area contributed by atoms with Crippen molar-refractivity contribution < 1.29 is 4.79 Å². The molecule has 1 aliphatic heterocycles. The minimum absolute atomic E-state index is 0.0542. The van der Waals surface area contributed by atoms with Crippen LogP contribution >= 0.6 is 0 Å². The molecule has 35 heavy (non-hydrogen) atoms. The fourth-order valence-corrected chi connectivity index (χ4v) is 4.84. The average Bonchev–Trinajstić information content (AvgIpc) is 3.27. The van der Waals surface area contributed by atoms with Crippen LogP contribution in [0.1, 0.15) is 18.1 Å². The molecule has 0 atom stereocenters. The molecule has 8 heteroatoms. The first kappa shape index (κ1) is 23.0. The molecule has 1 fully saturated rings. The maximum Gasteiger partial charge on any atom is 0.224 e. The van der Waals surface area contributed by atoms with Gasteiger partial charge in [-0.05, 0) is 62.4 Å². The van der Waals surface area contributed by atoms with Gasteiger partial charge in [0.25, 0.3) is 0 Å². The van der Waals surface area contributed by atoms with E-state index >= 15 is 0 Å². The molecule has 0 spiro atoms. The summed E-state index contributed by atoms with van der Waals surface area (Å²) in [6.45, 7) is 10.2. The Hall–Kier alpha value is -3.78. The predicted octanol–water partition coefficient (Wildman–Crippen LogP) is 4.04. The number of piperazine rings is 1. The molecule has 3 aromatic heterocycles. The minimum Gasteiger partial charge on any atom is -0.369 e. The fraction of sp³-hybridized carbons (Fsp3) is 0.333. The molecule has 0 saturated carbocycles. The molecule has 1 aliphatic rings. The van der Waals surface area contributed by atoms with Crippen LogP contribution < -0.4 is 9.80 Å². The lowest BCUT2D eigenvalue weighted by atomic mass is 9.99. The van der Waals surface area contributed by atoms with Crippen LogP contribution in [0.4, 0.5) is 11.5 Å². The number of hydrogen-bond acceptors (Lipinski definition) is 6. The van der Waals surface area contributed by atoms with E-state index in [0.717, 1.165) is 59.6 Å². The Kier molecular flexibility index (Phi) is 5.98. The van der Waals surface area contributed by atoms with E-state index in [2.05, 4.69) is 69.1 Å². The number of nitrogens with zero attached hydrogens (tertiary/aromatic N) is 6. The number of amides is 1. The number of hydrogen-bond donors (Lipinski definition) is 1. The van der Waals surface area contributed by atoms with Crippen LogP contribution in [0.15, 0.2) is 42.7 Å². The van der Waals surface area contributed by atoms with E-state index in [9.17, 15) is 4.79 Å². The highest BCUT2D eigenvalue weighted by Gasteiger charge is 2.19. The number of fused-ring (bicyclic) bond motifs is 1. The van der Waals surface area contributed by atoms with Gasteiger partial charge in [0, 0.05) is 80.3 Å². The molecule has 1 aromatic carbocycles. The van der Waals surface area contributed by atoms with Crippen molar-refractivity contribution in [3.63, 3.8) is 0 Å². The summed E-state index contributed by atoms with van der Waals surface area (Å²) in [6.07, 6.45) is 3.72. The third-order valence-electron chi connectivity index (χ3n) is 6.92. The van der Waals surface area contributed by atoms with Gasteiger partial charge in [-0.15, -0.1) is 10.2 Å². The number of aryl methyl sites for hydroxylation is 2. The average molecular weight is 470 g/mol. The summed E-state index contributed by atoms with van der Waals surface area (Å²) in [4.78, 5) is 25.7. The number of carbonyl (C=O) groups excluding carboxylic acids is 1. The Morgan fingerprint density at radius 1 is 1.00 bits per heavy atom. The summed E-state index contributed by atoms with van der Waals surface area (Å²) < 4.78 is 0. The van der Waals surface area contributed by atoms with Crippen molar-refractivity contribution in [2.24, 2.45) is 0 Å². The van der Waals surface area contributed by atoms with Crippen LogP contribution in [-0.2, 0) is 4.79 Å². The second-order valence-electron chi connectivity index (χ2n) is 9.43. The van der Waals surface area contributed by atoms with E-state index in [1.54, 1.807) is 13.2 Å². The van der Waals surface area contributed by atoms with E-state index in [0.29, 0.717) is 5.82 Å². The van der Waals surface area contributed by atoms with Gasteiger partial charge in [-0.1, -0.05) is 0 Å². The van der Waals surface area contributed by atoms with Crippen molar-refractivity contribution in [2.75, 3.05) is 50.1 Å². The quantitative estimate of drug-likeness (QED) is 0.486. The summed E-state index contributed by atoms with van der Waals surface area (Å²) in [5.41, 5.74) is 8.45. The fourth-order valence-electron chi connectivity index (χ4n) is 4.84. The molecule has 1 N–H and O–H groups in total. The van der Waals surface area contributed by atoms with Gasteiger partial charge in [0.1, 0.15) is 5.82 Å². The summed E-state index contributed by atoms with van der Waals surface area (Å²) in [7, 11) is 3.90. The zero-order valence-electron chi connectivity index (χ0n) is 21.0. The Bertz CT molecular complexity index is 1360. The van der Waals surface area contributed by atoms with E-state index < -0.39 is 0 Å². The number of anilines is 2. The van der Waals surface area contributed by atoms with Gasteiger partial charge in [0.15, 0.2) is 5.65 Å². The van der Waals surface area contributed by atoms with Crippen LogP contribution in [0.2, 0.25) is 0 Å². The monoisotopic (exact) mass is 469 g/mol. The molecular formula is C27H31N7O. The summed E-state index contributed by atoms with van der Waals surface area (Å²) in [5.74, 6) is 0.564. The SMILES string of the molecule is CC(=O)N(C)c1ccc(-c2c[nH]c3nnc(-c4cc(C)c(N5CCN(C)CC5)c(C)c4)cc23)cn1. The van der Waals surface area contributed by atoms with Gasteiger partial charge < -0.3 is 19.7 Å². The molecule has 0 radical (unpaired) electrons. The smallest absolute Gasteiger partial charge is 0.224 e. The van der Waals surface area contributed by atoms with E-state index in [1.165, 1.54) is 28.6 Å². The number of likely N-dealkylation sites (N-methyl/N-ethyl adjacent to an activating group) is 1. The normalized spacial score (nSPS) is 14.5. The van der Waals surface area contributed by atoms with Gasteiger partial charge in [-0.3, -0.25) is 4.79 Å². The van der Waals surface area contributed by atoms with Crippen molar-refractivity contribution in [3.8, 4) is 22.4 Å². The first-order valence-electron chi connectivity index (χ1n) is 11.9. The lowest BCUT2D eigenvalue weighted by molar-refractivity contribution is -0.116. The molecular weight excluding hydrogens is 438 g/mol. The second kappa shape index (κ2) is 9.11. The molecule has 8 nitrogen and oxygen atoms in total. The Morgan fingerprint density at radius 2 is 1.71 bits per heavy atom. The zero-order chi connectivity index (χ0) is 24.7. The first-order chi connectivity index (χ1) is 16.8. The van der Waals surface area contributed by atoms with Crippen LogP contribution in [0.25, 0.3) is 33.4 Å². The number of aromatic nitrogens is 4. The highest BCUT2D eigenvalue weighted by Crippen LogP contribution is 2.34. The minimum atomic E-state index is -0.0542. The second-order valence-corrected chi connectivity index (χ2v) is 9.43. The lowest BCUT2D eigenvalue weighted by Gasteiger charge is -2.36. The number of pyridine rings is 1. The van der Waals surface area contributed by atoms with E-state index in [1.807, 2.05) is 18.3 Å². The van der Waals surface area contributed by atoms with Gasteiger partial charge in [-0.2, -0.15) is 0 Å². The molecule has 1 saturated heterocycles. The molecule has 0 bridgehead atoms. The third kappa shape index (κ3) is 4.37. The van der Waals surface area contributed by atoms with Gasteiger partial charge in [0.05, 0.1) is 5.69 Å². The highest BCUT2D eigenvalue weighted by atomic mass is 16.2. The van der Waals surface area contributed by atoms with Gasteiger partial charge in [-0.25, -0.2) is 4.98 Å². The standard InChI is InChI=1S/C27H31N7O/c1-17-12-21(13-18(2)26(17)34-10-8-32(4)9-11-34)24-14-22-23(16-29-27(22)31-30-24)20-6-7-25(28-15-20)33(5)19(3)35/h6-7,12-16H,8-11H2,1-5H3,(H,29,31). The molecule has 4 heterocycles. The van der Waals surface area contributed by atoms with Crippen molar-refractivity contribution >= 4 is 28.4 Å². The van der Waals surface area contributed by atoms with Crippen molar-refractivity contribution in [2.45, 2.75) is 20.8 Å². The third-order valence-corrected chi connectivity index (χ3v) is 6.92. The number of nitrogens with one attached hydrogen (secondary N) is 1. The zero-order valence-corrected chi connectivity index (χ0v) is 21.0. The molecule has 1 amide bonds. The predicted molar refractivity (Wildman–Crippen MR) is 141 cm³/mol. The maximum atomic E-state index is 11.6. The summed E-state index contributed by atoms with van der Waals surface area (Å²) in [6, 6.07) is 10.4. The van der Waals surface area contributed by atoms with Crippen LogP contribution in [0.5, 0.6) is 0 Å². The van der Waals surface area contributed by atoms with Gasteiger partial charge in [0.2, 0.25) is 5.91 Å². The number of carbonyl (C=O) groups is 1. The lowest BCUT2D eigenvalue weighted by Crippen LogP contribution is -2.45. The van der Waals surface area contributed by atoms with Crippen molar-refractivity contribution in [1.29, 1.82) is 0 Å². The van der Waals surface area contributed by atoms with Crippen LogP contribution in [0, 0.1) is 13.8 Å². The van der Waals surface area contributed by atoms with Crippen molar-refractivity contribution in [1.82, 2.24) is 25.1 Å². The number of aromatic amines is 1. The van der Waals surface area contributed by atoms with E-state index in [-0.39, 0.29) is 5.91 Å². The number of rotatable bonds is 4. The summed E-state index contributed by atoms with van der Waals surface area (Å²) in [5, 5.41) is 9.96. The first-order valence-corrected chi connectivity index (χ1v) is 11.9. The molecule has 5 rings (SSSR count). The Balaban J connectivity index is 1.49. The molecule has 0 aliphatic carbocycles. The molecule has 180 valence electrons. The highest BCUT2D eigenvalue weighted by molar-refractivity contribution is 5.95. The Morgan fingerprint density at radius 3 is 2.34 bits per heavy atom. The summed E-state index contributed by atoms with van der Waals surface area (Å²) >= 11 is 0. The topological polar surface area (TPSA) is 81.2 Å². The van der Waals surface area contributed by atoms with Crippen LogP contribution in [-0.4, -0.2) is 71.2 Å².